The summed E-state index contributed by atoms with van der Waals surface area (Å²) in [4.78, 5) is 22.9. The van der Waals surface area contributed by atoms with Gasteiger partial charge < -0.3 is 14.4 Å². The van der Waals surface area contributed by atoms with Gasteiger partial charge >= 0.3 is 5.97 Å². The van der Waals surface area contributed by atoms with E-state index in [0.29, 0.717) is 28.5 Å². The van der Waals surface area contributed by atoms with Gasteiger partial charge in [-0.25, -0.2) is 23.7 Å². The van der Waals surface area contributed by atoms with Crippen molar-refractivity contribution in [2.45, 2.75) is 25.8 Å². The standard InChI is InChI=1S/C19H20FN5O3/c1-3-28-19(26)14-11-22-25-8-6-16(23-17(14)25)24-7-4-5-15(24)13-9-12(20)10-21-18(13)27-2/h6,8-11,15H,3-5,7H2,1-2H3. The van der Waals surface area contributed by atoms with Crippen LogP contribution >= 0.6 is 0 Å². The Morgan fingerprint density at radius 3 is 3.04 bits per heavy atom. The van der Waals surface area contributed by atoms with E-state index in [4.69, 9.17) is 9.47 Å². The van der Waals surface area contributed by atoms with Crippen molar-refractivity contribution in [3.05, 3.63) is 47.7 Å². The van der Waals surface area contributed by atoms with Gasteiger partial charge in [0.05, 0.1) is 32.2 Å². The number of aromatic nitrogens is 4. The molecule has 1 saturated heterocycles. The molecule has 28 heavy (non-hydrogen) atoms. The second-order valence-corrected chi connectivity index (χ2v) is 6.44. The van der Waals surface area contributed by atoms with Crippen LogP contribution in [0.3, 0.4) is 0 Å². The van der Waals surface area contributed by atoms with Crippen molar-refractivity contribution in [2.24, 2.45) is 0 Å². The average Bonchev–Trinajstić information content (AvgIpc) is 3.34. The van der Waals surface area contributed by atoms with Crippen molar-refractivity contribution in [1.82, 2.24) is 19.6 Å². The number of carbonyl (C=O) groups excluding carboxylic acids is 1. The van der Waals surface area contributed by atoms with E-state index in [2.05, 4.69) is 20.0 Å². The van der Waals surface area contributed by atoms with Crippen LogP contribution in [-0.4, -0.2) is 45.8 Å². The number of fused-ring (bicyclic) bond motifs is 1. The molecule has 0 aromatic carbocycles. The van der Waals surface area contributed by atoms with E-state index in [1.807, 2.05) is 6.07 Å². The van der Waals surface area contributed by atoms with E-state index >= 15 is 0 Å². The van der Waals surface area contributed by atoms with E-state index in [1.54, 1.807) is 13.1 Å². The van der Waals surface area contributed by atoms with Gasteiger partial charge in [-0.2, -0.15) is 5.10 Å². The van der Waals surface area contributed by atoms with Crippen LogP contribution in [-0.2, 0) is 4.74 Å². The first-order valence-corrected chi connectivity index (χ1v) is 9.10. The maximum atomic E-state index is 13.8. The average molecular weight is 385 g/mol. The third kappa shape index (κ3) is 3.12. The number of hydrogen-bond donors (Lipinski definition) is 0. The summed E-state index contributed by atoms with van der Waals surface area (Å²) in [6.45, 7) is 2.77. The topological polar surface area (TPSA) is 81.8 Å². The maximum Gasteiger partial charge on any atom is 0.343 e. The molecule has 0 spiro atoms. The second kappa shape index (κ2) is 7.41. The molecule has 4 rings (SSSR count). The summed E-state index contributed by atoms with van der Waals surface area (Å²) in [7, 11) is 1.52. The number of rotatable bonds is 5. The Bertz CT molecular complexity index is 1020. The molecule has 0 saturated carbocycles. The van der Waals surface area contributed by atoms with Crippen LogP contribution in [0.2, 0.25) is 0 Å². The molecule has 4 heterocycles. The smallest absolute Gasteiger partial charge is 0.343 e. The number of carbonyl (C=O) groups is 1. The summed E-state index contributed by atoms with van der Waals surface area (Å²) in [5.41, 5.74) is 1.41. The van der Waals surface area contributed by atoms with Crippen LogP contribution in [0.1, 0.15) is 41.7 Å². The van der Waals surface area contributed by atoms with Crippen molar-refractivity contribution in [1.29, 1.82) is 0 Å². The first kappa shape index (κ1) is 18.1. The molecule has 1 atom stereocenters. The summed E-state index contributed by atoms with van der Waals surface area (Å²) in [6, 6.07) is 3.16. The number of anilines is 1. The molecule has 0 amide bonds. The summed E-state index contributed by atoms with van der Waals surface area (Å²) < 4.78 is 25.8. The molecule has 0 N–H and O–H groups in total. The summed E-state index contributed by atoms with van der Waals surface area (Å²) >= 11 is 0. The molecule has 0 bridgehead atoms. The molecule has 8 nitrogen and oxygen atoms in total. The lowest BCUT2D eigenvalue weighted by Gasteiger charge is -2.26. The third-order valence-corrected chi connectivity index (χ3v) is 4.79. The van der Waals surface area contributed by atoms with Gasteiger partial charge in [0.2, 0.25) is 5.88 Å². The summed E-state index contributed by atoms with van der Waals surface area (Å²) in [6.07, 6.45) is 6.07. The van der Waals surface area contributed by atoms with Gasteiger partial charge in [-0.1, -0.05) is 0 Å². The van der Waals surface area contributed by atoms with Gasteiger partial charge in [-0.3, -0.25) is 0 Å². The van der Waals surface area contributed by atoms with Crippen molar-refractivity contribution < 1.29 is 18.7 Å². The zero-order valence-corrected chi connectivity index (χ0v) is 15.6. The van der Waals surface area contributed by atoms with E-state index in [9.17, 15) is 9.18 Å². The zero-order valence-electron chi connectivity index (χ0n) is 15.6. The fourth-order valence-corrected chi connectivity index (χ4v) is 3.59. The lowest BCUT2D eigenvalue weighted by molar-refractivity contribution is 0.0528. The highest BCUT2D eigenvalue weighted by molar-refractivity contribution is 5.95. The quantitative estimate of drug-likeness (QED) is 0.625. The number of esters is 1. The van der Waals surface area contributed by atoms with Crippen molar-refractivity contribution in [3.63, 3.8) is 0 Å². The Hall–Kier alpha value is -3.23. The second-order valence-electron chi connectivity index (χ2n) is 6.44. The molecular formula is C19H20FN5O3. The molecular weight excluding hydrogens is 365 g/mol. The first-order chi connectivity index (χ1) is 13.6. The van der Waals surface area contributed by atoms with E-state index in [-0.39, 0.29) is 12.6 Å². The third-order valence-electron chi connectivity index (χ3n) is 4.79. The minimum atomic E-state index is -0.462. The molecule has 1 unspecified atom stereocenters. The number of methoxy groups -OCH3 is 1. The summed E-state index contributed by atoms with van der Waals surface area (Å²) in [5, 5.41) is 4.16. The van der Waals surface area contributed by atoms with E-state index in [1.165, 1.54) is 23.9 Å². The lowest BCUT2D eigenvalue weighted by Crippen LogP contribution is -2.24. The van der Waals surface area contributed by atoms with Crippen molar-refractivity contribution in [2.75, 3.05) is 25.2 Å². The lowest BCUT2D eigenvalue weighted by atomic mass is 10.1. The molecule has 3 aromatic rings. The number of nitrogens with zero attached hydrogens (tertiary/aromatic N) is 5. The molecule has 1 fully saturated rings. The molecule has 1 aliphatic rings. The van der Waals surface area contributed by atoms with Crippen LogP contribution in [0, 0.1) is 5.82 Å². The van der Waals surface area contributed by atoms with Crippen LogP contribution in [0.25, 0.3) is 5.65 Å². The Morgan fingerprint density at radius 2 is 2.25 bits per heavy atom. The zero-order chi connectivity index (χ0) is 19.7. The largest absolute Gasteiger partial charge is 0.481 e. The van der Waals surface area contributed by atoms with Gasteiger partial charge in [0.15, 0.2) is 5.65 Å². The summed E-state index contributed by atoms with van der Waals surface area (Å²) in [5.74, 6) is 0.200. The molecule has 146 valence electrons. The van der Waals surface area contributed by atoms with Crippen molar-refractivity contribution >= 4 is 17.4 Å². The fraction of sp³-hybridized carbons (Fsp3) is 0.368. The Morgan fingerprint density at radius 1 is 1.39 bits per heavy atom. The predicted octanol–water partition coefficient (Wildman–Crippen LogP) is 2.79. The molecule has 1 aliphatic heterocycles. The molecule has 3 aromatic heterocycles. The minimum Gasteiger partial charge on any atom is -0.481 e. The highest BCUT2D eigenvalue weighted by atomic mass is 19.1. The normalized spacial score (nSPS) is 16.5. The van der Waals surface area contributed by atoms with Crippen molar-refractivity contribution in [3.8, 4) is 5.88 Å². The highest BCUT2D eigenvalue weighted by Gasteiger charge is 2.31. The van der Waals surface area contributed by atoms with Gasteiger partial charge in [-0.05, 0) is 31.9 Å². The Kier molecular flexibility index (Phi) is 4.81. The number of pyridine rings is 1. The van der Waals surface area contributed by atoms with Crippen LogP contribution < -0.4 is 9.64 Å². The van der Waals surface area contributed by atoms with Crippen LogP contribution in [0.15, 0.2) is 30.7 Å². The first-order valence-electron chi connectivity index (χ1n) is 9.10. The SMILES string of the molecule is CCOC(=O)c1cnn2ccc(N3CCCC3c3cc(F)cnc3OC)nc12. The number of ether oxygens (including phenoxy) is 2. The van der Waals surface area contributed by atoms with Gasteiger partial charge in [0.25, 0.3) is 0 Å². The maximum absolute atomic E-state index is 13.8. The van der Waals surface area contributed by atoms with Crippen LogP contribution in [0.5, 0.6) is 5.88 Å². The minimum absolute atomic E-state index is 0.123. The van der Waals surface area contributed by atoms with Crippen LogP contribution in [0.4, 0.5) is 10.2 Å². The van der Waals surface area contributed by atoms with Gasteiger partial charge in [0, 0.05) is 18.3 Å². The monoisotopic (exact) mass is 385 g/mol. The van der Waals surface area contributed by atoms with Gasteiger partial charge in [0.1, 0.15) is 17.2 Å². The van der Waals surface area contributed by atoms with Gasteiger partial charge in [-0.15, -0.1) is 0 Å². The Balaban J connectivity index is 1.74. The molecule has 0 aliphatic carbocycles. The fourth-order valence-electron chi connectivity index (χ4n) is 3.59. The molecule has 0 radical (unpaired) electrons. The highest BCUT2D eigenvalue weighted by Crippen LogP contribution is 2.38. The predicted molar refractivity (Wildman–Crippen MR) is 99.0 cm³/mol. The number of hydrogen-bond acceptors (Lipinski definition) is 7. The Labute approximate surface area is 160 Å². The molecule has 9 heteroatoms. The number of halogens is 1. The van der Waals surface area contributed by atoms with E-state index in [0.717, 1.165) is 25.6 Å². The van der Waals surface area contributed by atoms with E-state index < -0.39 is 11.8 Å².